The summed E-state index contributed by atoms with van der Waals surface area (Å²) >= 11 is 0. The minimum absolute atomic E-state index is 0.115. The quantitative estimate of drug-likeness (QED) is 0.378. The van der Waals surface area contributed by atoms with Crippen molar-refractivity contribution in [1.29, 1.82) is 0 Å². The van der Waals surface area contributed by atoms with Crippen molar-refractivity contribution < 1.29 is 29.3 Å². The number of hydrogen-bond acceptors (Lipinski definition) is 10. The van der Waals surface area contributed by atoms with Gasteiger partial charge in [-0.15, -0.1) is 0 Å². The summed E-state index contributed by atoms with van der Waals surface area (Å²) < 4.78 is 12.5. The van der Waals surface area contributed by atoms with E-state index < -0.39 is 30.4 Å². The minimum Gasteiger partial charge on any atom is -0.449 e. The van der Waals surface area contributed by atoms with Crippen LogP contribution in [0, 0.1) is 23.7 Å². The van der Waals surface area contributed by atoms with Gasteiger partial charge in [-0.05, 0) is 50.4 Å². The summed E-state index contributed by atoms with van der Waals surface area (Å²) in [5, 5.41) is 23.5. The molecule has 4 heterocycles. The molecule has 0 spiro atoms. The smallest absolute Gasteiger partial charge is 0.409 e. The molecule has 2 saturated heterocycles. The zero-order valence-electron chi connectivity index (χ0n) is 21.2. The molecule has 0 unspecified atom stereocenters. The first-order valence-electron chi connectivity index (χ1n) is 13.1. The fourth-order valence-electron chi connectivity index (χ4n) is 4.72. The Balaban J connectivity index is 1.23. The van der Waals surface area contributed by atoms with Crippen LogP contribution in [0.2, 0.25) is 0 Å². The van der Waals surface area contributed by atoms with Crippen molar-refractivity contribution in [2.75, 3.05) is 32.0 Å². The molecule has 204 valence electrons. The molecule has 0 aromatic carbocycles. The SMILES string of the molecule is CCNC(=O)[C@H]1O[C@@H](n2cnc3c(N)nc(C#CCC4CCN(C(=O)OCC5CC5)CC4)nc32)[C@H](O)[C@@H]1O. The third-order valence-electron chi connectivity index (χ3n) is 7.17. The van der Waals surface area contributed by atoms with Crippen molar-refractivity contribution in [3.8, 4) is 11.8 Å². The van der Waals surface area contributed by atoms with Gasteiger partial charge in [-0.25, -0.2) is 19.7 Å². The molecule has 4 atom stereocenters. The van der Waals surface area contributed by atoms with E-state index in [-0.39, 0.29) is 23.4 Å². The van der Waals surface area contributed by atoms with E-state index in [9.17, 15) is 19.8 Å². The summed E-state index contributed by atoms with van der Waals surface area (Å²) in [6, 6.07) is 0. The number of nitrogens with two attached hydrogens (primary N) is 1. The van der Waals surface area contributed by atoms with E-state index >= 15 is 0 Å². The van der Waals surface area contributed by atoms with Gasteiger partial charge in [0.15, 0.2) is 23.8 Å². The second-order valence-electron chi connectivity index (χ2n) is 10.0. The highest BCUT2D eigenvalue weighted by atomic mass is 16.6. The highest BCUT2D eigenvalue weighted by Gasteiger charge is 2.47. The maximum absolute atomic E-state index is 12.2. The molecule has 2 aromatic heterocycles. The Labute approximate surface area is 219 Å². The average Bonchev–Trinajstić information content (AvgIpc) is 3.57. The zero-order valence-corrected chi connectivity index (χ0v) is 21.2. The zero-order chi connectivity index (χ0) is 26.8. The number of nitrogen functional groups attached to an aromatic ring is 1. The molecule has 5 N–H and O–H groups in total. The Morgan fingerprint density at radius 1 is 1.18 bits per heavy atom. The Hall–Kier alpha value is -3.47. The number of rotatable bonds is 6. The lowest BCUT2D eigenvalue weighted by molar-refractivity contribution is -0.137. The van der Waals surface area contributed by atoms with Crippen LogP contribution in [-0.2, 0) is 14.3 Å². The number of likely N-dealkylation sites (N-methyl/N-ethyl adjacent to an activating group) is 1. The highest BCUT2D eigenvalue weighted by Crippen LogP contribution is 2.32. The molecule has 2 aromatic rings. The second kappa shape index (κ2) is 11.1. The van der Waals surface area contributed by atoms with Gasteiger partial charge in [-0.3, -0.25) is 9.36 Å². The van der Waals surface area contributed by atoms with Gasteiger partial charge in [0.05, 0.1) is 12.9 Å². The summed E-state index contributed by atoms with van der Waals surface area (Å²) in [5.41, 5.74) is 6.66. The predicted octanol–water partition coefficient (Wildman–Crippen LogP) is 0.164. The molecule has 5 rings (SSSR count). The molecular formula is C25H33N7O6. The predicted molar refractivity (Wildman–Crippen MR) is 134 cm³/mol. The number of amides is 2. The minimum atomic E-state index is -1.42. The third-order valence-corrected chi connectivity index (χ3v) is 7.17. The van der Waals surface area contributed by atoms with Crippen LogP contribution in [-0.4, -0.2) is 91.2 Å². The van der Waals surface area contributed by atoms with Gasteiger partial charge < -0.3 is 35.6 Å². The van der Waals surface area contributed by atoms with Crippen LogP contribution in [0.3, 0.4) is 0 Å². The van der Waals surface area contributed by atoms with Gasteiger partial charge >= 0.3 is 6.09 Å². The lowest BCUT2D eigenvalue weighted by atomic mass is 9.94. The van der Waals surface area contributed by atoms with E-state index in [2.05, 4.69) is 32.1 Å². The molecular weight excluding hydrogens is 494 g/mol. The van der Waals surface area contributed by atoms with Gasteiger partial charge in [0.2, 0.25) is 5.82 Å². The maximum Gasteiger partial charge on any atom is 0.409 e. The van der Waals surface area contributed by atoms with Crippen LogP contribution in [0.4, 0.5) is 10.6 Å². The molecule has 13 heteroatoms. The number of carbonyl (C=O) groups is 2. The number of nitrogens with zero attached hydrogens (tertiary/aromatic N) is 5. The molecule has 38 heavy (non-hydrogen) atoms. The molecule has 2 aliphatic heterocycles. The lowest BCUT2D eigenvalue weighted by Gasteiger charge is -2.30. The van der Waals surface area contributed by atoms with Crippen LogP contribution in [0.5, 0.6) is 0 Å². The monoisotopic (exact) mass is 527 g/mol. The van der Waals surface area contributed by atoms with Crippen molar-refractivity contribution >= 4 is 29.0 Å². The molecule has 1 aliphatic carbocycles. The largest absolute Gasteiger partial charge is 0.449 e. The van der Waals surface area contributed by atoms with Crippen molar-refractivity contribution in [3.63, 3.8) is 0 Å². The molecule has 0 bridgehead atoms. The third kappa shape index (κ3) is 5.52. The van der Waals surface area contributed by atoms with Crippen LogP contribution < -0.4 is 11.1 Å². The standard InChI is InChI=1S/C25H33N7O6/c1-2-27-23(35)20-18(33)19(34)24(38-20)32-13-28-17-21(26)29-16(30-22(17)32)5-3-4-14-8-10-31(11-9-14)25(36)37-12-15-6-7-15/h13-15,18-20,24,33-34H,2,4,6-12H2,1H3,(H,27,35)(H2,26,29,30)/t18-,19+,20-,24+/m0/s1. The highest BCUT2D eigenvalue weighted by molar-refractivity contribution is 5.83. The first-order chi connectivity index (χ1) is 18.4. The number of nitrogens with one attached hydrogen (secondary N) is 1. The van der Waals surface area contributed by atoms with Gasteiger partial charge in [0.25, 0.3) is 5.91 Å². The van der Waals surface area contributed by atoms with Crippen LogP contribution >= 0.6 is 0 Å². The molecule has 3 aliphatic rings. The van der Waals surface area contributed by atoms with Crippen molar-refractivity contribution in [3.05, 3.63) is 12.2 Å². The Morgan fingerprint density at radius 3 is 2.66 bits per heavy atom. The number of aromatic nitrogens is 4. The number of carbonyl (C=O) groups excluding carboxylic acids is 2. The molecule has 2 amide bonds. The fourth-order valence-corrected chi connectivity index (χ4v) is 4.72. The average molecular weight is 528 g/mol. The summed E-state index contributed by atoms with van der Waals surface area (Å²) in [6.07, 6.45) is 0.603. The van der Waals surface area contributed by atoms with Crippen molar-refractivity contribution in [1.82, 2.24) is 29.7 Å². The van der Waals surface area contributed by atoms with E-state index in [0.29, 0.717) is 50.0 Å². The Morgan fingerprint density at radius 2 is 1.95 bits per heavy atom. The Bertz CT molecular complexity index is 1240. The second-order valence-corrected chi connectivity index (χ2v) is 10.0. The first kappa shape index (κ1) is 26.1. The number of hydrogen-bond donors (Lipinski definition) is 4. The number of fused-ring (bicyclic) bond motifs is 1. The van der Waals surface area contributed by atoms with Gasteiger partial charge in [-0.1, -0.05) is 5.92 Å². The Kier molecular flexibility index (Phi) is 7.64. The van der Waals surface area contributed by atoms with E-state index in [4.69, 9.17) is 15.2 Å². The summed E-state index contributed by atoms with van der Waals surface area (Å²) in [6.45, 7) is 3.93. The molecule has 0 radical (unpaired) electrons. The van der Waals surface area contributed by atoms with E-state index in [1.54, 1.807) is 11.8 Å². The summed E-state index contributed by atoms with van der Waals surface area (Å²) in [7, 11) is 0. The first-order valence-corrected chi connectivity index (χ1v) is 13.1. The van der Waals surface area contributed by atoms with Crippen molar-refractivity contribution in [2.24, 2.45) is 11.8 Å². The molecule has 13 nitrogen and oxygen atoms in total. The number of piperidine rings is 1. The number of ether oxygens (including phenoxy) is 2. The van der Waals surface area contributed by atoms with Crippen LogP contribution in [0.15, 0.2) is 6.33 Å². The molecule has 3 fully saturated rings. The van der Waals surface area contributed by atoms with E-state index in [1.165, 1.54) is 10.9 Å². The van der Waals surface area contributed by atoms with Crippen LogP contribution in [0.25, 0.3) is 11.2 Å². The van der Waals surface area contributed by atoms with E-state index in [1.807, 2.05) is 0 Å². The molecule has 1 saturated carbocycles. The maximum atomic E-state index is 12.2. The lowest BCUT2D eigenvalue weighted by Crippen LogP contribution is -2.42. The summed E-state index contributed by atoms with van der Waals surface area (Å²) in [5.74, 6) is 6.75. The number of anilines is 1. The number of aliphatic hydroxyl groups excluding tert-OH is 2. The number of likely N-dealkylation sites (tertiary alicyclic amines) is 1. The van der Waals surface area contributed by atoms with Gasteiger partial charge in [0, 0.05) is 26.1 Å². The number of imidazole rings is 1. The van der Waals surface area contributed by atoms with Crippen molar-refractivity contribution in [2.45, 2.75) is 63.6 Å². The normalized spacial score (nSPS) is 25.7. The van der Waals surface area contributed by atoms with Crippen LogP contribution in [0.1, 0.15) is 51.1 Å². The topological polar surface area (TPSA) is 178 Å². The number of aliphatic hydroxyl groups is 2. The summed E-state index contributed by atoms with van der Waals surface area (Å²) in [4.78, 5) is 39.1. The van der Waals surface area contributed by atoms with E-state index in [0.717, 1.165) is 25.7 Å². The van der Waals surface area contributed by atoms with Gasteiger partial charge in [-0.2, -0.15) is 0 Å². The van der Waals surface area contributed by atoms with Gasteiger partial charge in [0.1, 0.15) is 17.7 Å². The fraction of sp³-hybridized carbons (Fsp3) is 0.640.